The number of nitrogens with one attached hydrogen (secondary N) is 1. The summed E-state index contributed by atoms with van der Waals surface area (Å²) < 4.78 is 0. The summed E-state index contributed by atoms with van der Waals surface area (Å²) in [4.78, 5) is 10.7. The maximum absolute atomic E-state index is 10.7. The van der Waals surface area contributed by atoms with E-state index in [1.54, 1.807) is 0 Å². The van der Waals surface area contributed by atoms with Crippen molar-refractivity contribution >= 4 is 5.97 Å². The highest BCUT2D eigenvalue weighted by molar-refractivity contribution is 5.87. The first kappa shape index (κ1) is 12.2. The van der Waals surface area contributed by atoms with Crippen LogP contribution in [-0.4, -0.2) is 23.7 Å². The highest BCUT2D eigenvalue weighted by atomic mass is 16.4. The van der Waals surface area contributed by atoms with Crippen LogP contribution in [0.1, 0.15) is 27.2 Å². The van der Waals surface area contributed by atoms with Crippen molar-refractivity contribution in [2.24, 2.45) is 5.92 Å². The van der Waals surface area contributed by atoms with E-state index in [9.17, 15) is 4.79 Å². The smallest absolute Gasteiger partial charge is 0.332 e. The second-order valence-corrected chi connectivity index (χ2v) is 3.57. The summed E-state index contributed by atoms with van der Waals surface area (Å²) in [6, 6.07) is -0.0949. The van der Waals surface area contributed by atoms with E-state index >= 15 is 0 Å². The van der Waals surface area contributed by atoms with E-state index in [1.807, 2.05) is 6.92 Å². The summed E-state index contributed by atoms with van der Waals surface area (Å²) in [5.74, 6) is -0.438. The molecule has 0 heterocycles. The zero-order chi connectivity index (χ0) is 10.4. The lowest BCUT2D eigenvalue weighted by Crippen LogP contribution is -2.34. The van der Waals surface area contributed by atoms with Crippen LogP contribution < -0.4 is 5.32 Å². The van der Waals surface area contributed by atoms with Gasteiger partial charge in [0.1, 0.15) is 0 Å². The van der Waals surface area contributed by atoms with Crippen LogP contribution in [0, 0.1) is 5.92 Å². The van der Waals surface area contributed by atoms with Gasteiger partial charge in [0.05, 0.1) is 0 Å². The average molecular weight is 185 g/mol. The van der Waals surface area contributed by atoms with Crippen LogP contribution in [0.15, 0.2) is 12.2 Å². The van der Waals surface area contributed by atoms with Gasteiger partial charge in [-0.2, -0.15) is 0 Å². The Morgan fingerprint density at radius 1 is 1.54 bits per heavy atom. The van der Waals surface area contributed by atoms with Crippen LogP contribution in [0.3, 0.4) is 0 Å². The lowest BCUT2D eigenvalue weighted by Gasteiger charge is -2.19. The molecule has 0 spiro atoms. The molecule has 0 amide bonds. The number of carbonyl (C=O) groups is 1. The fourth-order valence-electron chi connectivity index (χ4n) is 1.22. The van der Waals surface area contributed by atoms with Crippen LogP contribution >= 0.6 is 0 Å². The molecule has 0 bridgehead atoms. The molecule has 0 saturated carbocycles. The quantitative estimate of drug-likeness (QED) is 0.619. The van der Waals surface area contributed by atoms with Crippen molar-refractivity contribution in [2.75, 3.05) is 6.54 Å². The third-order valence-electron chi connectivity index (χ3n) is 1.85. The molecule has 2 N–H and O–H groups in total. The summed E-state index contributed by atoms with van der Waals surface area (Å²) >= 11 is 0. The van der Waals surface area contributed by atoms with Crippen molar-refractivity contribution in [1.29, 1.82) is 0 Å². The number of rotatable bonds is 6. The van der Waals surface area contributed by atoms with Gasteiger partial charge in [-0.25, -0.2) is 4.79 Å². The van der Waals surface area contributed by atoms with Crippen LogP contribution in [0.4, 0.5) is 0 Å². The van der Waals surface area contributed by atoms with Crippen LogP contribution in [-0.2, 0) is 4.79 Å². The molecule has 3 nitrogen and oxygen atoms in total. The molecule has 0 saturated heterocycles. The predicted molar refractivity (Wildman–Crippen MR) is 53.7 cm³/mol. The number of aliphatic carboxylic acids is 1. The molecule has 76 valence electrons. The van der Waals surface area contributed by atoms with E-state index in [2.05, 4.69) is 25.7 Å². The first-order valence-corrected chi connectivity index (χ1v) is 4.64. The van der Waals surface area contributed by atoms with E-state index in [0.717, 1.165) is 13.0 Å². The third-order valence-corrected chi connectivity index (χ3v) is 1.85. The molecule has 0 fully saturated rings. The molecule has 3 heteroatoms. The maximum Gasteiger partial charge on any atom is 0.332 e. The van der Waals surface area contributed by atoms with E-state index in [0.29, 0.717) is 5.92 Å². The first-order chi connectivity index (χ1) is 5.99. The number of hydrogen-bond acceptors (Lipinski definition) is 2. The molecule has 1 unspecified atom stereocenters. The van der Waals surface area contributed by atoms with Crippen molar-refractivity contribution in [2.45, 2.75) is 33.2 Å². The Bertz CT molecular complexity index is 187. The van der Waals surface area contributed by atoms with Gasteiger partial charge < -0.3 is 10.4 Å². The van der Waals surface area contributed by atoms with Gasteiger partial charge in [0.2, 0.25) is 0 Å². The van der Waals surface area contributed by atoms with Gasteiger partial charge in [0.25, 0.3) is 0 Å². The second-order valence-electron chi connectivity index (χ2n) is 3.57. The monoisotopic (exact) mass is 185 g/mol. The van der Waals surface area contributed by atoms with Crippen molar-refractivity contribution in [3.05, 3.63) is 12.2 Å². The SMILES string of the molecule is C=C(C(=O)O)C(CC(C)C)NCC. The largest absolute Gasteiger partial charge is 0.478 e. The molecule has 0 aromatic rings. The van der Waals surface area contributed by atoms with Crippen LogP contribution in [0.5, 0.6) is 0 Å². The van der Waals surface area contributed by atoms with Crippen molar-refractivity contribution in [1.82, 2.24) is 5.32 Å². The molecule has 13 heavy (non-hydrogen) atoms. The highest BCUT2D eigenvalue weighted by Crippen LogP contribution is 2.11. The Labute approximate surface area is 79.8 Å². The fourth-order valence-corrected chi connectivity index (χ4v) is 1.22. The van der Waals surface area contributed by atoms with E-state index in [1.165, 1.54) is 0 Å². The van der Waals surface area contributed by atoms with E-state index in [-0.39, 0.29) is 11.6 Å². The van der Waals surface area contributed by atoms with Gasteiger partial charge in [-0.15, -0.1) is 0 Å². The predicted octanol–water partition coefficient (Wildman–Crippen LogP) is 1.65. The van der Waals surface area contributed by atoms with Gasteiger partial charge in [-0.1, -0.05) is 27.4 Å². The van der Waals surface area contributed by atoms with Crippen LogP contribution in [0.2, 0.25) is 0 Å². The lowest BCUT2D eigenvalue weighted by molar-refractivity contribution is -0.133. The molecule has 0 rings (SSSR count). The topological polar surface area (TPSA) is 49.3 Å². The molecule has 0 aromatic carbocycles. The number of hydrogen-bond donors (Lipinski definition) is 2. The molecular weight excluding hydrogens is 166 g/mol. The molecule has 1 atom stereocenters. The molecule has 0 aliphatic heterocycles. The zero-order valence-corrected chi connectivity index (χ0v) is 8.63. The minimum Gasteiger partial charge on any atom is -0.478 e. The lowest BCUT2D eigenvalue weighted by atomic mass is 9.98. The number of likely N-dealkylation sites (N-methyl/N-ethyl adjacent to an activating group) is 1. The van der Waals surface area contributed by atoms with Gasteiger partial charge in [-0.05, 0) is 18.9 Å². The Morgan fingerprint density at radius 2 is 2.08 bits per heavy atom. The summed E-state index contributed by atoms with van der Waals surface area (Å²) in [7, 11) is 0. The minimum atomic E-state index is -0.911. The summed E-state index contributed by atoms with van der Waals surface area (Å²) in [5, 5.41) is 11.9. The minimum absolute atomic E-state index is 0.0949. The van der Waals surface area contributed by atoms with E-state index in [4.69, 9.17) is 5.11 Å². The molecule has 0 aliphatic rings. The highest BCUT2D eigenvalue weighted by Gasteiger charge is 2.17. The fraction of sp³-hybridized carbons (Fsp3) is 0.700. The Balaban J connectivity index is 4.23. The summed E-state index contributed by atoms with van der Waals surface area (Å²) in [6.07, 6.45) is 0.818. The Morgan fingerprint density at radius 3 is 2.38 bits per heavy atom. The van der Waals surface area contributed by atoms with Gasteiger partial charge in [0.15, 0.2) is 0 Å². The summed E-state index contributed by atoms with van der Waals surface area (Å²) in [6.45, 7) is 10.4. The third kappa shape index (κ3) is 4.68. The van der Waals surface area contributed by atoms with Crippen LogP contribution in [0.25, 0.3) is 0 Å². The first-order valence-electron chi connectivity index (χ1n) is 4.64. The van der Waals surface area contributed by atoms with Crippen molar-refractivity contribution < 1.29 is 9.90 Å². The molecule has 0 aliphatic carbocycles. The standard InChI is InChI=1S/C10H19NO2/c1-5-11-9(6-7(2)3)8(4)10(12)13/h7,9,11H,4-6H2,1-3H3,(H,12,13). The van der Waals surface area contributed by atoms with Gasteiger partial charge >= 0.3 is 5.97 Å². The molecule has 0 aromatic heterocycles. The second kappa shape index (κ2) is 5.75. The zero-order valence-electron chi connectivity index (χ0n) is 8.63. The number of carboxylic acids is 1. The van der Waals surface area contributed by atoms with Crippen molar-refractivity contribution in [3.63, 3.8) is 0 Å². The maximum atomic E-state index is 10.7. The Kier molecular flexibility index (Phi) is 5.39. The van der Waals surface area contributed by atoms with Gasteiger partial charge in [0, 0.05) is 11.6 Å². The molecule has 0 radical (unpaired) electrons. The average Bonchev–Trinajstić information content (AvgIpc) is 2.01. The van der Waals surface area contributed by atoms with Crippen molar-refractivity contribution in [3.8, 4) is 0 Å². The van der Waals surface area contributed by atoms with E-state index < -0.39 is 5.97 Å². The number of carboxylic acid groups (broad SMARTS) is 1. The summed E-state index contributed by atoms with van der Waals surface area (Å²) in [5.41, 5.74) is 0.260. The Hall–Kier alpha value is -0.830. The molecular formula is C10H19NO2. The normalized spacial score (nSPS) is 12.9. The van der Waals surface area contributed by atoms with Gasteiger partial charge in [-0.3, -0.25) is 0 Å².